The Hall–Kier alpha value is -2.59. The molecular formula is C20H21F3N2O4S. The average molecular weight is 442 g/mol. The SMILES string of the molecule is CCOc1ccc(S(=O)(=O)N2CCC(NC(=O)c3ccc(F)c(F)c3F)CC2)cc1. The second-order valence-corrected chi connectivity index (χ2v) is 8.72. The van der Waals surface area contributed by atoms with E-state index >= 15 is 0 Å². The molecule has 0 atom stereocenters. The predicted molar refractivity (Wildman–Crippen MR) is 103 cm³/mol. The molecule has 162 valence electrons. The Bertz CT molecular complexity index is 1020. The minimum Gasteiger partial charge on any atom is -0.494 e. The van der Waals surface area contributed by atoms with Crippen LogP contribution in [0.2, 0.25) is 0 Å². The molecule has 0 saturated carbocycles. The van der Waals surface area contributed by atoms with E-state index in [0.717, 1.165) is 6.07 Å². The largest absolute Gasteiger partial charge is 0.494 e. The highest BCUT2D eigenvalue weighted by atomic mass is 32.2. The summed E-state index contributed by atoms with van der Waals surface area (Å²) in [5.41, 5.74) is -0.599. The molecular weight excluding hydrogens is 421 g/mol. The quantitative estimate of drug-likeness (QED) is 0.698. The number of amides is 1. The van der Waals surface area contributed by atoms with Crippen LogP contribution in [-0.4, -0.2) is 44.4 Å². The fourth-order valence-corrected chi connectivity index (χ4v) is 4.70. The van der Waals surface area contributed by atoms with Gasteiger partial charge in [0.15, 0.2) is 17.5 Å². The van der Waals surface area contributed by atoms with Crippen LogP contribution < -0.4 is 10.1 Å². The monoisotopic (exact) mass is 442 g/mol. The van der Waals surface area contributed by atoms with Gasteiger partial charge in [0, 0.05) is 19.1 Å². The first-order chi connectivity index (χ1) is 14.2. The van der Waals surface area contributed by atoms with Gasteiger partial charge in [0.25, 0.3) is 5.91 Å². The van der Waals surface area contributed by atoms with Crippen LogP contribution >= 0.6 is 0 Å². The van der Waals surface area contributed by atoms with E-state index in [2.05, 4.69) is 5.32 Å². The van der Waals surface area contributed by atoms with Crippen molar-refractivity contribution in [3.8, 4) is 5.75 Å². The van der Waals surface area contributed by atoms with Gasteiger partial charge in [0.2, 0.25) is 10.0 Å². The van der Waals surface area contributed by atoms with Crippen LogP contribution in [0, 0.1) is 17.5 Å². The zero-order valence-electron chi connectivity index (χ0n) is 16.2. The second-order valence-electron chi connectivity index (χ2n) is 6.78. The van der Waals surface area contributed by atoms with Gasteiger partial charge < -0.3 is 10.1 Å². The normalized spacial score (nSPS) is 15.7. The highest BCUT2D eigenvalue weighted by molar-refractivity contribution is 7.89. The van der Waals surface area contributed by atoms with Crippen LogP contribution in [0.4, 0.5) is 13.2 Å². The summed E-state index contributed by atoms with van der Waals surface area (Å²) >= 11 is 0. The van der Waals surface area contributed by atoms with Crippen molar-refractivity contribution in [2.75, 3.05) is 19.7 Å². The molecule has 0 radical (unpaired) electrons. The summed E-state index contributed by atoms with van der Waals surface area (Å²) < 4.78 is 72.3. The van der Waals surface area contributed by atoms with E-state index in [4.69, 9.17) is 4.74 Å². The molecule has 0 bridgehead atoms. The van der Waals surface area contributed by atoms with E-state index in [9.17, 15) is 26.4 Å². The first-order valence-corrected chi connectivity index (χ1v) is 10.9. The van der Waals surface area contributed by atoms with Gasteiger partial charge in [0.05, 0.1) is 17.1 Å². The van der Waals surface area contributed by atoms with Crippen molar-refractivity contribution in [1.29, 1.82) is 0 Å². The molecule has 6 nitrogen and oxygen atoms in total. The molecule has 1 amide bonds. The lowest BCUT2D eigenvalue weighted by atomic mass is 10.1. The molecule has 1 aliphatic heterocycles. The lowest BCUT2D eigenvalue weighted by Crippen LogP contribution is -2.46. The summed E-state index contributed by atoms with van der Waals surface area (Å²) in [6.45, 7) is 2.61. The number of rotatable bonds is 6. The Morgan fingerprint density at radius 3 is 2.30 bits per heavy atom. The molecule has 1 heterocycles. The molecule has 2 aromatic rings. The van der Waals surface area contributed by atoms with Crippen LogP contribution in [0.3, 0.4) is 0 Å². The third kappa shape index (κ3) is 4.59. The Balaban J connectivity index is 1.61. The van der Waals surface area contributed by atoms with E-state index in [1.807, 2.05) is 6.92 Å². The highest BCUT2D eigenvalue weighted by Crippen LogP contribution is 2.23. The molecule has 0 aromatic heterocycles. The molecule has 0 spiro atoms. The van der Waals surface area contributed by atoms with Gasteiger partial charge in [-0.3, -0.25) is 4.79 Å². The number of ether oxygens (including phenoxy) is 1. The Morgan fingerprint density at radius 1 is 1.07 bits per heavy atom. The smallest absolute Gasteiger partial charge is 0.254 e. The standard InChI is InChI=1S/C20H21F3N2O4S/c1-2-29-14-3-5-15(6-4-14)30(27,28)25-11-9-13(10-12-25)24-20(26)16-7-8-17(21)19(23)18(16)22/h3-8,13H,2,9-12H2,1H3,(H,24,26). The summed E-state index contributed by atoms with van der Waals surface area (Å²) in [6.07, 6.45) is 0.598. The first-order valence-electron chi connectivity index (χ1n) is 9.41. The first kappa shape index (κ1) is 22.1. The van der Waals surface area contributed by atoms with E-state index in [0.29, 0.717) is 31.3 Å². The molecule has 1 aliphatic rings. The van der Waals surface area contributed by atoms with Crippen LogP contribution in [0.15, 0.2) is 41.3 Å². The Labute approximate surface area is 172 Å². The van der Waals surface area contributed by atoms with Crippen LogP contribution in [0.5, 0.6) is 5.75 Å². The minimum atomic E-state index is -3.70. The van der Waals surface area contributed by atoms with Gasteiger partial charge in [-0.25, -0.2) is 21.6 Å². The third-order valence-electron chi connectivity index (χ3n) is 4.84. The number of halogens is 3. The van der Waals surface area contributed by atoms with E-state index in [1.54, 1.807) is 12.1 Å². The van der Waals surface area contributed by atoms with Crippen LogP contribution in [-0.2, 0) is 10.0 Å². The summed E-state index contributed by atoms with van der Waals surface area (Å²) in [4.78, 5) is 12.3. The number of hydrogen-bond acceptors (Lipinski definition) is 4. The summed E-state index contributed by atoms with van der Waals surface area (Å²) in [7, 11) is -3.70. The van der Waals surface area contributed by atoms with E-state index < -0.39 is 45.0 Å². The van der Waals surface area contributed by atoms with Crippen LogP contribution in [0.25, 0.3) is 0 Å². The summed E-state index contributed by atoms with van der Waals surface area (Å²) in [5, 5.41) is 2.55. The van der Waals surface area contributed by atoms with Crippen molar-refractivity contribution < 1.29 is 31.1 Å². The predicted octanol–water partition coefficient (Wildman–Crippen LogP) is 3.09. The number of carbonyl (C=O) groups is 1. The molecule has 10 heteroatoms. The van der Waals surface area contributed by atoms with Crippen molar-refractivity contribution in [2.24, 2.45) is 0 Å². The number of hydrogen-bond donors (Lipinski definition) is 1. The maximum Gasteiger partial charge on any atom is 0.254 e. The third-order valence-corrected chi connectivity index (χ3v) is 6.75. The number of benzene rings is 2. The zero-order chi connectivity index (χ0) is 21.9. The maximum atomic E-state index is 13.8. The van der Waals surface area contributed by atoms with E-state index in [1.165, 1.54) is 16.4 Å². The Kier molecular flexibility index (Phi) is 6.67. The summed E-state index contributed by atoms with van der Waals surface area (Å²) in [6, 6.07) is 7.24. The molecule has 0 unspecified atom stereocenters. The lowest BCUT2D eigenvalue weighted by Gasteiger charge is -2.31. The van der Waals surface area contributed by atoms with Crippen molar-refractivity contribution in [2.45, 2.75) is 30.7 Å². The number of nitrogens with one attached hydrogen (secondary N) is 1. The average Bonchev–Trinajstić information content (AvgIpc) is 2.73. The van der Waals surface area contributed by atoms with Gasteiger partial charge in [-0.1, -0.05) is 0 Å². The zero-order valence-corrected chi connectivity index (χ0v) is 17.0. The second kappa shape index (κ2) is 9.05. The van der Waals surface area contributed by atoms with Crippen LogP contribution in [0.1, 0.15) is 30.1 Å². The number of piperidine rings is 1. The van der Waals surface area contributed by atoms with Gasteiger partial charge in [-0.15, -0.1) is 0 Å². The van der Waals surface area contributed by atoms with Crippen molar-refractivity contribution in [3.05, 3.63) is 59.4 Å². The van der Waals surface area contributed by atoms with Gasteiger partial charge in [-0.05, 0) is 56.2 Å². The molecule has 1 fully saturated rings. The number of sulfonamides is 1. The molecule has 30 heavy (non-hydrogen) atoms. The fraction of sp³-hybridized carbons (Fsp3) is 0.350. The minimum absolute atomic E-state index is 0.136. The number of nitrogens with zero attached hydrogens (tertiary/aromatic N) is 1. The fourth-order valence-electron chi connectivity index (χ4n) is 3.23. The molecule has 3 rings (SSSR count). The lowest BCUT2D eigenvalue weighted by molar-refractivity contribution is 0.0918. The highest BCUT2D eigenvalue weighted by Gasteiger charge is 2.30. The molecule has 1 N–H and O–H groups in total. The van der Waals surface area contributed by atoms with Gasteiger partial charge in [-0.2, -0.15) is 4.31 Å². The molecule has 2 aromatic carbocycles. The Morgan fingerprint density at radius 2 is 1.70 bits per heavy atom. The van der Waals surface area contributed by atoms with Crippen molar-refractivity contribution >= 4 is 15.9 Å². The van der Waals surface area contributed by atoms with E-state index in [-0.39, 0.29) is 18.0 Å². The molecule has 1 saturated heterocycles. The maximum absolute atomic E-state index is 13.8. The van der Waals surface area contributed by atoms with Crippen molar-refractivity contribution in [3.63, 3.8) is 0 Å². The van der Waals surface area contributed by atoms with Crippen molar-refractivity contribution in [1.82, 2.24) is 9.62 Å². The topological polar surface area (TPSA) is 75.7 Å². The van der Waals surface area contributed by atoms with Gasteiger partial charge in [0.1, 0.15) is 5.75 Å². The molecule has 0 aliphatic carbocycles. The number of carbonyl (C=O) groups excluding carboxylic acids is 1. The summed E-state index contributed by atoms with van der Waals surface area (Å²) in [5.74, 6) is -4.94. The van der Waals surface area contributed by atoms with Gasteiger partial charge >= 0.3 is 0 Å².